The van der Waals surface area contributed by atoms with E-state index in [1.807, 2.05) is 25.1 Å². The Labute approximate surface area is 109 Å². The molecular formula is C14H22ClNO. The lowest BCUT2D eigenvalue weighted by atomic mass is 9.83. The third-order valence-corrected chi connectivity index (χ3v) is 3.91. The predicted molar refractivity (Wildman–Crippen MR) is 74.8 cm³/mol. The van der Waals surface area contributed by atoms with Crippen LogP contribution in [0.3, 0.4) is 0 Å². The highest BCUT2D eigenvalue weighted by atomic mass is 35.5. The van der Waals surface area contributed by atoms with E-state index in [-0.39, 0.29) is 12.0 Å². The average molecular weight is 256 g/mol. The number of hydrogen-bond acceptors (Lipinski definition) is 2. The number of rotatable bonds is 6. The van der Waals surface area contributed by atoms with Crippen molar-refractivity contribution in [2.45, 2.75) is 33.6 Å². The molecule has 1 rings (SSSR count). The summed E-state index contributed by atoms with van der Waals surface area (Å²) in [5.41, 5.74) is 2.21. The first kappa shape index (κ1) is 14.3. The SMILES string of the molecule is CCC(CC)(CO)CNc1ccc(Cl)cc1C. The van der Waals surface area contributed by atoms with Crippen molar-refractivity contribution in [2.75, 3.05) is 18.5 Å². The van der Waals surface area contributed by atoms with Crippen LogP contribution in [0, 0.1) is 12.3 Å². The van der Waals surface area contributed by atoms with Crippen LogP contribution in [0.5, 0.6) is 0 Å². The molecule has 96 valence electrons. The monoisotopic (exact) mass is 255 g/mol. The fraction of sp³-hybridized carbons (Fsp3) is 0.571. The van der Waals surface area contributed by atoms with E-state index in [9.17, 15) is 5.11 Å². The smallest absolute Gasteiger partial charge is 0.0504 e. The van der Waals surface area contributed by atoms with Gasteiger partial charge in [0.05, 0.1) is 6.61 Å². The van der Waals surface area contributed by atoms with Crippen molar-refractivity contribution in [3.05, 3.63) is 28.8 Å². The van der Waals surface area contributed by atoms with Gasteiger partial charge in [0.1, 0.15) is 0 Å². The molecule has 0 fully saturated rings. The molecule has 2 N–H and O–H groups in total. The molecule has 0 heterocycles. The van der Waals surface area contributed by atoms with Gasteiger partial charge in [0.15, 0.2) is 0 Å². The molecule has 2 nitrogen and oxygen atoms in total. The predicted octanol–water partition coefficient (Wildman–Crippen LogP) is 3.86. The fourth-order valence-electron chi connectivity index (χ4n) is 1.89. The van der Waals surface area contributed by atoms with Crippen LogP contribution < -0.4 is 5.32 Å². The molecule has 3 heteroatoms. The minimum Gasteiger partial charge on any atom is -0.396 e. The molecule has 0 aliphatic rings. The van der Waals surface area contributed by atoms with Crippen LogP contribution in [0.15, 0.2) is 18.2 Å². The van der Waals surface area contributed by atoms with Gasteiger partial charge in [-0.2, -0.15) is 0 Å². The Bertz CT molecular complexity index is 353. The second-order valence-electron chi connectivity index (χ2n) is 4.68. The lowest BCUT2D eigenvalue weighted by molar-refractivity contribution is 0.127. The molecule has 0 aliphatic heterocycles. The fourth-order valence-corrected chi connectivity index (χ4v) is 2.11. The molecule has 0 aromatic heterocycles. The second kappa shape index (κ2) is 6.27. The summed E-state index contributed by atoms with van der Waals surface area (Å²) in [7, 11) is 0. The van der Waals surface area contributed by atoms with Crippen LogP contribution in [-0.4, -0.2) is 18.3 Å². The van der Waals surface area contributed by atoms with Crippen LogP contribution in [0.2, 0.25) is 5.02 Å². The van der Waals surface area contributed by atoms with E-state index in [4.69, 9.17) is 11.6 Å². The van der Waals surface area contributed by atoms with Gasteiger partial charge in [-0.05, 0) is 43.5 Å². The molecule has 0 unspecified atom stereocenters. The van der Waals surface area contributed by atoms with Crippen LogP contribution in [-0.2, 0) is 0 Å². The molecule has 0 amide bonds. The minimum absolute atomic E-state index is 0.0217. The van der Waals surface area contributed by atoms with Gasteiger partial charge in [0.25, 0.3) is 0 Å². The normalized spacial score (nSPS) is 11.6. The Morgan fingerprint density at radius 2 is 1.94 bits per heavy atom. The summed E-state index contributed by atoms with van der Waals surface area (Å²) in [6.07, 6.45) is 1.94. The van der Waals surface area contributed by atoms with Crippen molar-refractivity contribution in [3.63, 3.8) is 0 Å². The third kappa shape index (κ3) is 3.62. The summed E-state index contributed by atoms with van der Waals surface area (Å²) in [6.45, 7) is 7.29. The quantitative estimate of drug-likeness (QED) is 0.809. The standard InChI is InChI=1S/C14H22ClNO/c1-4-14(5-2,10-17)9-16-13-7-6-12(15)8-11(13)3/h6-8,16-17H,4-5,9-10H2,1-3H3. The largest absolute Gasteiger partial charge is 0.396 e. The maximum absolute atomic E-state index is 9.51. The van der Waals surface area contributed by atoms with E-state index in [0.29, 0.717) is 0 Å². The molecule has 0 bridgehead atoms. The number of aliphatic hydroxyl groups excluding tert-OH is 1. The highest BCUT2D eigenvalue weighted by Gasteiger charge is 2.24. The first-order valence-corrected chi connectivity index (χ1v) is 6.55. The molecule has 1 aromatic rings. The van der Waals surface area contributed by atoms with Gasteiger partial charge in [-0.3, -0.25) is 0 Å². The van der Waals surface area contributed by atoms with Gasteiger partial charge >= 0.3 is 0 Å². The summed E-state index contributed by atoms with van der Waals surface area (Å²) in [4.78, 5) is 0. The lowest BCUT2D eigenvalue weighted by Crippen LogP contribution is -2.32. The highest BCUT2D eigenvalue weighted by molar-refractivity contribution is 6.30. The van der Waals surface area contributed by atoms with Crippen LogP contribution in [0.25, 0.3) is 0 Å². The summed E-state index contributed by atoms with van der Waals surface area (Å²) in [6, 6.07) is 5.82. The number of benzene rings is 1. The van der Waals surface area contributed by atoms with Gasteiger partial charge < -0.3 is 10.4 Å². The van der Waals surface area contributed by atoms with Crippen molar-refractivity contribution in [3.8, 4) is 0 Å². The second-order valence-corrected chi connectivity index (χ2v) is 5.11. The van der Waals surface area contributed by atoms with Crippen molar-refractivity contribution < 1.29 is 5.11 Å². The highest BCUT2D eigenvalue weighted by Crippen LogP contribution is 2.27. The molecule has 0 atom stereocenters. The van der Waals surface area contributed by atoms with Gasteiger partial charge in [0.2, 0.25) is 0 Å². The molecule has 0 saturated heterocycles. The number of nitrogens with one attached hydrogen (secondary N) is 1. The van der Waals surface area contributed by atoms with Gasteiger partial charge in [-0.1, -0.05) is 25.4 Å². The lowest BCUT2D eigenvalue weighted by Gasteiger charge is -2.30. The van der Waals surface area contributed by atoms with E-state index < -0.39 is 0 Å². The molecule has 0 radical (unpaired) electrons. The van der Waals surface area contributed by atoms with E-state index in [2.05, 4.69) is 19.2 Å². The number of halogens is 1. The van der Waals surface area contributed by atoms with Gasteiger partial charge in [-0.15, -0.1) is 0 Å². The van der Waals surface area contributed by atoms with Crippen molar-refractivity contribution in [2.24, 2.45) is 5.41 Å². The van der Waals surface area contributed by atoms with E-state index in [1.165, 1.54) is 0 Å². The van der Waals surface area contributed by atoms with Crippen LogP contribution >= 0.6 is 11.6 Å². The molecule has 0 spiro atoms. The van der Waals surface area contributed by atoms with E-state index >= 15 is 0 Å². The molecular weight excluding hydrogens is 234 g/mol. The zero-order valence-electron chi connectivity index (χ0n) is 10.9. The summed E-state index contributed by atoms with van der Waals surface area (Å²) in [5, 5.41) is 13.7. The number of aryl methyl sites for hydroxylation is 1. The van der Waals surface area contributed by atoms with Gasteiger partial charge in [-0.25, -0.2) is 0 Å². The van der Waals surface area contributed by atoms with E-state index in [1.54, 1.807) is 0 Å². The van der Waals surface area contributed by atoms with Crippen molar-refractivity contribution in [1.82, 2.24) is 0 Å². The Hall–Kier alpha value is -0.730. The Balaban J connectivity index is 2.72. The topological polar surface area (TPSA) is 32.3 Å². The first-order chi connectivity index (χ1) is 8.06. The number of aliphatic hydroxyl groups is 1. The molecule has 0 aliphatic carbocycles. The maximum atomic E-state index is 9.51. The zero-order valence-corrected chi connectivity index (χ0v) is 11.6. The van der Waals surface area contributed by atoms with Crippen LogP contribution in [0.1, 0.15) is 32.3 Å². The Morgan fingerprint density at radius 1 is 1.29 bits per heavy atom. The first-order valence-electron chi connectivity index (χ1n) is 6.18. The number of hydrogen-bond donors (Lipinski definition) is 2. The van der Waals surface area contributed by atoms with Crippen molar-refractivity contribution in [1.29, 1.82) is 0 Å². The van der Waals surface area contributed by atoms with Gasteiger partial charge in [0, 0.05) is 22.7 Å². The minimum atomic E-state index is -0.0217. The average Bonchev–Trinajstić information content (AvgIpc) is 2.33. The number of anilines is 1. The van der Waals surface area contributed by atoms with Crippen LogP contribution in [0.4, 0.5) is 5.69 Å². The Kier molecular flexibility index (Phi) is 5.29. The molecule has 0 saturated carbocycles. The summed E-state index contributed by atoms with van der Waals surface area (Å²) < 4.78 is 0. The third-order valence-electron chi connectivity index (χ3n) is 3.68. The Morgan fingerprint density at radius 3 is 2.41 bits per heavy atom. The molecule has 17 heavy (non-hydrogen) atoms. The molecule has 1 aromatic carbocycles. The van der Waals surface area contributed by atoms with Crippen molar-refractivity contribution >= 4 is 17.3 Å². The summed E-state index contributed by atoms with van der Waals surface area (Å²) >= 11 is 5.92. The summed E-state index contributed by atoms with van der Waals surface area (Å²) in [5.74, 6) is 0. The zero-order chi connectivity index (χ0) is 12.9. The maximum Gasteiger partial charge on any atom is 0.0504 e. The van der Waals surface area contributed by atoms with E-state index in [0.717, 1.165) is 35.7 Å².